The van der Waals surface area contributed by atoms with Crippen LogP contribution in [0, 0.1) is 0 Å². The number of unbranched alkanes of at least 4 members (excludes halogenated alkanes) is 2. The summed E-state index contributed by atoms with van der Waals surface area (Å²) >= 11 is 6.64. The Labute approximate surface area is 197 Å². The molecule has 2 aromatic rings. The molecule has 1 N–H and O–H groups in total. The minimum absolute atomic E-state index is 0.124. The van der Waals surface area contributed by atoms with Crippen molar-refractivity contribution in [3.63, 3.8) is 0 Å². The zero-order valence-corrected chi connectivity index (χ0v) is 19.4. The van der Waals surface area contributed by atoms with Gasteiger partial charge in [0.15, 0.2) is 11.5 Å². The Bertz CT molecular complexity index is 1010. The highest BCUT2D eigenvalue weighted by Gasteiger charge is 2.31. The second-order valence-electron chi connectivity index (χ2n) is 7.22. The highest BCUT2D eigenvalue weighted by molar-refractivity contribution is 8.26. The molecule has 0 bridgehead atoms. The predicted octanol–water partition coefficient (Wildman–Crippen LogP) is 5.12. The van der Waals surface area contributed by atoms with Gasteiger partial charge in [0, 0.05) is 13.0 Å². The summed E-state index contributed by atoms with van der Waals surface area (Å²) < 4.78 is 11.9. The molecule has 3 rings (SSSR count). The van der Waals surface area contributed by atoms with Crippen LogP contribution < -0.4 is 9.47 Å². The van der Waals surface area contributed by atoms with Crippen LogP contribution in [0.5, 0.6) is 11.5 Å². The van der Waals surface area contributed by atoms with E-state index in [9.17, 15) is 9.59 Å². The molecular formula is C24H25NO5S2. The lowest BCUT2D eigenvalue weighted by molar-refractivity contribution is -0.137. The molecule has 1 amide bonds. The maximum absolute atomic E-state index is 12.8. The van der Waals surface area contributed by atoms with Crippen LogP contribution in [0.4, 0.5) is 0 Å². The molecule has 0 aliphatic carbocycles. The molecule has 1 aliphatic heterocycles. The number of methoxy groups -OCH3 is 1. The summed E-state index contributed by atoms with van der Waals surface area (Å²) in [5.74, 6) is 0.290. The highest BCUT2D eigenvalue weighted by atomic mass is 32.2. The molecule has 0 atom stereocenters. The molecule has 2 aromatic carbocycles. The molecule has 1 saturated heterocycles. The van der Waals surface area contributed by atoms with Crippen molar-refractivity contribution in [1.82, 2.24) is 4.90 Å². The van der Waals surface area contributed by atoms with Crippen LogP contribution >= 0.6 is 24.0 Å². The molecule has 1 fully saturated rings. The molecule has 0 unspecified atom stereocenters. The predicted molar refractivity (Wildman–Crippen MR) is 130 cm³/mol. The molecule has 0 saturated carbocycles. The minimum atomic E-state index is -0.801. The Morgan fingerprint density at radius 3 is 2.62 bits per heavy atom. The van der Waals surface area contributed by atoms with Gasteiger partial charge in [-0.3, -0.25) is 14.5 Å². The molecule has 1 heterocycles. The topological polar surface area (TPSA) is 76.1 Å². The third-order valence-corrected chi connectivity index (χ3v) is 6.25. The lowest BCUT2D eigenvalue weighted by Gasteiger charge is -2.14. The number of rotatable bonds is 11. The number of aliphatic carboxylic acids is 1. The number of benzene rings is 2. The van der Waals surface area contributed by atoms with E-state index in [2.05, 4.69) is 0 Å². The van der Waals surface area contributed by atoms with Gasteiger partial charge in [-0.1, -0.05) is 66.8 Å². The summed E-state index contributed by atoms with van der Waals surface area (Å²) in [7, 11) is 1.58. The van der Waals surface area contributed by atoms with E-state index in [1.807, 2.05) is 48.5 Å². The van der Waals surface area contributed by atoms with Gasteiger partial charge in [-0.25, -0.2) is 0 Å². The number of ether oxygens (including phenoxy) is 2. The molecule has 32 heavy (non-hydrogen) atoms. The summed E-state index contributed by atoms with van der Waals surface area (Å²) in [4.78, 5) is 25.5. The Hall–Kier alpha value is -2.84. The van der Waals surface area contributed by atoms with Gasteiger partial charge >= 0.3 is 5.97 Å². The smallest absolute Gasteiger partial charge is 0.303 e. The van der Waals surface area contributed by atoms with Crippen molar-refractivity contribution in [2.45, 2.75) is 32.3 Å². The van der Waals surface area contributed by atoms with E-state index in [-0.39, 0.29) is 12.3 Å². The molecule has 0 radical (unpaired) electrons. The molecule has 168 valence electrons. The fourth-order valence-corrected chi connectivity index (χ4v) is 4.50. The van der Waals surface area contributed by atoms with E-state index in [1.165, 1.54) is 11.8 Å². The maximum atomic E-state index is 12.8. The third kappa shape index (κ3) is 6.58. The minimum Gasteiger partial charge on any atom is -0.493 e. The van der Waals surface area contributed by atoms with Gasteiger partial charge in [0.1, 0.15) is 10.9 Å². The summed E-state index contributed by atoms with van der Waals surface area (Å²) in [6, 6.07) is 15.4. The van der Waals surface area contributed by atoms with Gasteiger partial charge < -0.3 is 14.6 Å². The number of amides is 1. The molecule has 1 aliphatic rings. The first-order chi connectivity index (χ1) is 15.5. The van der Waals surface area contributed by atoms with Crippen molar-refractivity contribution in [1.29, 1.82) is 0 Å². The summed E-state index contributed by atoms with van der Waals surface area (Å²) in [5.41, 5.74) is 1.88. The first-order valence-electron chi connectivity index (χ1n) is 10.3. The summed E-state index contributed by atoms with van der Waals surface area (Å²) in [6.45, 7) is 0.929. The molecule has 8 heteroatoms. The van der Waals surface area contributed by atoms with Gasteiger partial charge in [0.2, 0.25) is 0 Å². The van der Waals surface area contributed by atoms with E-state index in [1.54, 1.807) is 18.1 Å². The van der Waals surface area contributed by atoms with E-state index in [0.717, 1.165) is 17.5 Å². The lowest BCUT2D eigenvalue weighted by Crippen LogP contribution is -2.29. The van der Waals surface area contributed by atoms with Gasteiger partial charge in [0.25, 0.3) is 5.91 Å². The second kappa shape index (κ2) is 11.7. The van der Waals surface area contributed by atoms with E-state index in [4.69, 9.17) is 26.8 Å². The van der Waals surface area contributed by atoms with Crippen LogP contribution in [-0.2, 0) is 16.2 Å². The van der Waals surface area contributed by atoms with Gasteiger partial charge in [-0.2, -0.15) is 0 Å². The second-order valence-corrected chi connectivity index (χ2v) is 8.90. The van der Waals surface area contributed by atoms with Crippen molar-refractivity contribution < 1.29 is 24.2 Å². The Morgan fingerprint density at radius 2 is 1.91 bits per heavy atom. The SMILES string of the molecule is COc1cc(C=C2SC(=S)N(CCCCCC(=O)O)C2=O)ccc1OCc1ccccc1. The Morgan fingerprint density at radius 1 is 1.12 bits per heavy atom. The number of carbonyl (C=O) groups is 2. The van der Waals surface area contributed by atoms with Gasteiger partial charge in [0.05, 0.1) is 12.0 Å². The summed E-state index contributed by atoms with van der Waals surface area (Å²) in [5, 5.41) is 8.71. The fourth-order valence-electron chi connectivity index (χ4n) is 3.20. The monoisotopic (exact) mass is 471 g/mol. The standard InChI is InChI=1S/C24H25NO5S2/c1-29-20-14-18(11-12-19(20)30-16-17-8-4-2-5-9-17)15-21-23(28)25(24(31)32-21)13-7-3-6-10-22(26)27/h2,4-5,8-9,11-12,14-15H,3,6-7,10,13,16H2,1H3,(H,26,27). The number of hydrogen-bond acceptors (Lipinski definition) is 6. The number of nitrogens with zero attached hydrogens (tertiary/aromatic N) is 1. The van der Waals surface area contributed by atoms with Crippen molar-refractivity contribution >= 4 is 46.3 Å². The van der Waals surface area contributed by atoms with Crippen molar-refractivity contribution in [2.75, 3.05) is 13.7 Å². The lowest BCUT2D eigenvalue weighted by atomic mass is 10.1. The zero-order valence-electron chi connectivity index (χ0n) is 17.8. The Kier molecular flexibility index (Phi) is 8.70. The largest absolute Gasteiger partial charge is 0.493 e. The average molecular weight is 472 g/mol. The molecule has 0 aromatic heterocycles. The number of carboxylic acids is 1. The van der Waals surface area contributed by atoms with Crippen LogP contribution in [0.2, 0.25) is 0 Å². The zero-order chi connectivity index (χ0) is 22.9. The van der Waals surface area contributed by atoms with Gasteiger partial charge in [-0.15, -0.1) is 0 Å². The number of thiocarbonyl (C=S) groups is 1. The molecule has 6 nitrogen and oxygen atoms in total. The molecule has 0 spiro atoms. The number of carboxylic acid groups (broad SMARTS) is 1. The van der Waals surface area contributed by atoms with Crippen LogP contribution in [0.3, 0.4) is 0 Å². The van der Waals surface area contributed by atoms with Crippen molar-refractivity contribution in [3.05, 3.63) is 64.6 Å². The first-order valence-corrected chi connectivity index (χ1v) is 11.5. The van der Waals surface area contributed by atoms with Crippen LogP contribution in [0.15, 0.2) is 53.4 Å². The quantitative estimate of drug-likeness (QED) is 0.277. The highest BCUT2D eigenvalue weighted by Crippen LogP contribution is 2.35. The summed E-state index contributed by atoms with van der Waals surface area (Å²) in [6.07, 6.45) is 4.00. The average Bonchev–Trinajstić information content (AvgIpc) is 3.05. The molecular weight excluding hydrogens is 446 g/mol. The fraction of sp³-hybridized carbons (Fsp3) is 0.292. The van der Waals surface area contributed by atoms with E-state index >= 15 is 0 Å². The third-order valence-electron chi connectivity index (χ3n) is 4.87. The van der Waals surface area contributed by atoms with Crippen molar-refractivity contribution in [3.8, 4) is 11.5 Å². The van der Waals surface area contributed by atoms with Crippen LogP contribution in [-0.4, -0.2) is 39.9 Å². The van der Waals surface area contributed by atoms with Crippen molar-refractivity contribution in [2.24, 2.45) is 0 Å². The maximum Gasteiger partial charge on any atom is 0.303 e. The number of thioether (sulfide) groups is 1. The normalized spacial score (nSPS) is 14.8. The first kappa shape index (κ1) is 23.8. The number of hydrogen-bond donors (Lipinski definition) is 1. The van der Waals surface area contributed by atoms with Crippen LogP contribution in [0.25, 0.3) is 6.08 Å². The Balaban J connectivity index is 1.62. The van der Waals surface area contributed by atoms with E-state index in [0.29, 0.717) is 46.7 Å². The number of carbonyl (C=O) groups excluding carboxylic acids is 1. The van der Waals surface area contributed by atoms with E-state index < -0.39 is 5.97 Å². The van der Waals surface area contributed by atoms with Crippen LogP contribution in [0.1, 0.15) is 36.8 Å². The van der Waals surface area contributed by atoms with Gasteiger partial charge in [-0.05, 0) is 42.2 Å².